The fraction of sp³-hybridized carbons (Fsp3) is 0.100. The summed E-state index contributed by atoms with van der Waals surface area (Å²) in [6, 6.07) is 4.42. The van der Waals surface area contributed by atoms with Gasteiger partial charge in [-0.05, 0) is 12.1 Å². The van der Waals surface area contributed by atoms with E-state index in [9.17, 15) is 10.1 Å². The highest BCUT2D eigenvalue weighted by Gasteiger charge is 2.18. The number of benzene rings is 1. The lowest BCUT2D eigenvalue weighted by molar-refractivity contribution is -0.385. The van der Waals surface area contributed by atoms with Gasteiger partial charge in [-0.25, -0.2) is 0 Å². The molecule has 2 N–H and O–H groups in total. The number of anilines is 1. The second-order valence-electron chi connectivity index (χ2n) is 3.25. The van der Waals surface area contributed by atoms with Crippen molar-refractivity contribution in [3.63, 3.8) is 0 Å². The van der Waals surface area contributed by atoms with Crippen LogP contribution in [0.15, 0.2) is 28.9 Å². The van der Waals surface area contributed by atoms with Gasteiger partial charge in [0.05, 0.1) is 18.2 Å². The number of hydrogen-bond donors (Lipinski definition) is 1. The average molecular weight is 235 g/mol. The van der Waals surface area contributed by atoms with Crippen molar-refractivity contribution in [3.8, 4) is 17.1 Å². The van der Waals surface area contributed by atoms with Crippen LogP contribution in [-0.2, 0) is 0 Å². The van der Waals surface area contributed by atoms with Crippen LogP contribution in [0.3, 0.4) is 0 Å². The minimum absolute atomic E-state index is 0.152. The molecule has 2 aromatic rings. The highest BCUT2D eigenvalue weighted by molar-refractivity contribution is 5.73. The summed E-state index contributed by atoms with van der Waals surface area (Å²) < 4.78 is 9.81. The summed E-state index contributed by atoms with van der Waals surface area (Å²) in [5, 5.41) is 14.3. The Morgan fingerprint density at radius 2 is 2.29 bits per heavy atom. The Bertz CT molecular complexity index is 564. The van der Waals surface area contributed by atoms with E-state index < -0.39 is 4.92 Å². The highest BCUT2D eigenvalue weighted by atomic mass is 16.6. The Kier molecular flexibility index (Phi) is 2.65. The predicted octanol–water partition coefficient (Wildman–Crippen LogP) is 1.84. The maximum absolute atomic E-state index is 10.8. The Morgan fingerprint density at radius 3 is 2.82 bits per heavy atom. The quantitative estimate of drug-likeness (QED) is 0.642. The summed E-state index contributed by atoms with van der Waals surface area (Å²) in [5.74, 6) is 0.479. The van der Waals surface area contributed by atoms with Crippen molar-refractivity contribution in [2.24, 2.45) is 0 Å². The molecule has 0 aliphatic rings. The van der Waals surface area contributed by atoms with Gasteiger partial charge in [-0.3, -0.25) is 10.1 Å². The van der Waals surface area contributed by atoms with Gasteiger partial charge >= 0.3 is 5.69 Å². The van der Waals surface area contributed by atoms with Crippen molar-refractivity contribution < 1.29 is 14.2 Å². The van der Waals surface area contributed by atoms with Gasteiger partial charge in [0.15, 0.2) is 11.5 Å². The van der Waals surface area contributed by atoms with Crippen LogP contribution < -0.4 is 10.5 Å². The molecule has 17 heavy (non-hydrogen) atoms. The molecule has 1 heterocycles. The summed E-state index contributed by atoms with van der Waals surface area (Å²) in [6.07, 6.45) is 1.34. The number of aromatic nitrogens is 1. The molecule has 0 atom stereocenters. The Labute approximate surface area is 95.9 Å². The van der Waals surface area contributed by atoms with Gasteiger partial charge in [-0.2, -0.15) is 0 Å². The average Bonchev–Trinajstić information content (AvgIpc) is 2.74. The number of methoxy groups -OCH3 is 1. The molecule has 0 spiro atoms. The second kappa shape index (κ2) is 4.12. The van der Waals surface area contributed by atoms with E-state index in [2.05, 4.69) is 5.16 Å². The highest BCUT2D eigenvalue weighted by Crippen LogP contribution is 2.33. The number of rotatable bonds is 3. The standard InChI is InChI=1S/C10H9N3O4/c1-16-9-3-2-6(4-8(9)13(14)15)10-7(11)5-12-17-10/h2-5H,11H2,1H3. The van der Waals surface area contributed by atoms with Crippen LogP contribution in [0.5, 0.6) is 5.75 Å². The number of nitro benzene ring substituents is 1. The number of nitrogens with zero attached hydrogens (tertiary/aromatic N) is 2. The number of ether oxygens (including phenoxy) is 1. The molecule has 0 saturated heterocycles. The largest absolute Gasteiger partial charge is 0.490 e. The molecule has 1 aromatic carbocycles. The third-order valence-corrected chi connectivity index (χ3v) is 2.24. The first-order valence-corrected chi connectivity index (χ1v) is 4.66. The maximum Gasteiger partial charge on any atom is 0.311 e. The molecule has 0 amide bonds. The van der Waals surface area contributed by atoms with Crippen molar-refractivity contribution in [2.75, 3.05) is 12.8 Å². The number of hydrogen-bond acceptors (Lipinski definition) is 6. The Morgan fingerprint density at radius 1 is 1.53 bits per heavy atom. The first kappa shape index (κ1) is 10.9. The number of nitro groups is 1. The first-order chi connectivity index (χ1) is 8.13. The summed E-state index contributed by atoms with van der Waals surface area (Å²) in [7, 11) is 1.37. The number of nitrogen functional groups attached to an aromatic ring is 1. The van der Waals surface area contributed by atoms with Crippen LogP contribution >= 0.6 is 0 Å². The summed E-state index contributed by atoms with van der Waals surface area (Å²) in [6.45, 7) is 0. The molecular formula is C10H9N3O4. The van der Waals surface area contributed by atoms with Gasteiger partial charge in [0.1, 0.15) is 5.69 Å². The maximum atomic E-state index is 10.8. The lowest BCUT2D eigenvalue weighted by Crippen LogP contribution is -1.94. The first-order valence-electron chi connectivity index (χ1n) is 4.66. The van der Waals surface area contributed by atoms with Crippen molar-refractivity contribution in [3.05, 3.63) is 34.5 Å². The van der Waals surface area contributed by atoms with Crippen LogP contribution in [0.4, 0.5) is 11.4 Å². The van der Waals surface area contributed by atoms with Crippen LogP contribution in [0.2, 0.25) is 0 Å². The van der Waals surface area contributed by atoms with E-state index in [4.69, 9.17) is 15.0 Å². The molecule has 88 valence electrons. The monoisotopic (exact) mass is 235 g/mol. The summed E-state index contributed by atoms with van der Waals surface area (Å²) in [5.41, 5.74) is 6.26. The van der Waals surface area contributed by atoms with Crippen LogP contribution in [0, 0.1) is 10.1 Å². The Hall–Kier alpha value is -2.57. The van der Waals surface area contributed by atoms with E-state index in [0.29, 0.717) is 17.0 Å². The van der Waals surface area contributed by atoms with Crippen molar-refractivity contribution >= 4 is 11.4 Å². The van der Waals surface area contributed by atoms with Crippen LogP contribution in [0.1, 0.15) is 0 Å². The SMILES string of the molecule is COc1ccc(-c2oncc2N)cc1[N+](=O)[O-]. The molecule has 0 aliphatic carbocycles. The summed E-state index contributed by atoms with van der Waals surface area (Å²) >= 11 is 0. The van der Waals surface area contributed by atoms with Crippen molar-refractivity contribution in [2.45, 2.75) is 0 Å². The van der Waals surface area contributed by atoms with E-state index in [1.54, 1.807) is 6.07 Å². The molecule has 0 bridgehead atoms. The predicted molar refractivity (Wildman–Crippen MR) is 59.6 cm³/mol. The molecule has 1 aromatic heterocycles. The van der Waals surface area contributed by atoms with Gasteiger partial charge in [-0.1, -0.05) is 5.16 Å². The molecular weight excluding hydrogens is 226 g/mol. The molecule has 0 unspecified atom stereocenters. The lowest BCUT2D eigenvalue weighted by Gasteiger charge is -2.03. The van der Waals surface area contributed by atoms with Gasteiger partial charge < -0.3 is 15.0 Å². The molecule has 7 nitrogen and oxygen atoms in total. The molecule has 0 saturated carbocycles. The second-order valence-corrected chi connectivity index (χ2v) is 3.25. The third-order valence-electron chi connectivity index (χ3n) is 2.24. The number of nitrogens with two attached hydrogens (primary N) is 1. The minimum Gasteiger partial charge on any atom is -0.490 e. The van der Waals surface area contributed by atoms with Crippen molar-refractivity contribution in [1.82, 2.24) is 5.16 Å². The molecule has 7 heteroatoms. The van der Waals surface area contributed by atoms with Gasteiger partial charge in [0, 0.05) is 11.6 Å². The van der Waals surface area contributed by atoms with Gasteiger partial charge in [0.25, 0.3) is 0 Å². The van der Waals surface area contributed by atoms with E-state index in [1.165, 1.54) is 25.4 Å². The van der Waals surface area contributed by atoms with Crippen molar-refractivity contribution in [1.29, 1.82) is 0 Å². The molecule has 0 aliphatic heterocycles. The van der Waals surface area contributed by atoms with E-state index in [0.717, 1.165) is 0 Å². The van der Waals surface area contributed by atoms with E-state index in [-0.39, 0.29) is 11.4 Å². The van der Waals surface area contributed by atoms with E-state index in [1.807, 2.05) is 0 Å². The third kappa shape index (κ3) is 1.89. The molecule has 0 fully saturated rings. The van der Waals surface area contributed by atoms with Crippen LogP contribution in [-0.4, -0.2) is 17.2 Å². The van der Waals surface area contributed by atoms with Crippen LogP contribution in [0.25, 0.3) is 11.3 Å². The van der Waals surface area contributed by atoms with Gasteiger partial charge in [0.2, 0.25) is 0 Å². The zero-order valence-corrected chi connectivity index (χ0v) is 8.91. The normalized spacial score (nSPS) is 10.2. The zero-order chi connectivity index (χ0) is 12.4. The molecule has 2 rings (SSSR count). The summed E-state index contributed by atoms with van der Waals surface area (Å²) in [4.78, 5) is 10.3. The molecule has 0 radical (unpaired) electrons. The van der Waals surface area contributed by atoms with Gasteiger partial charge in [-0.15, -0.1) is 0 Å². The minimum atomic E-state index is -0.533. The Balaban J connectivity index is 2.55. The fourth-order valence-electron chi connectivity index (χ4n) is 1.44. The smallest absolute Gasteiger partial charge is 0.311 e. The zero-order valence-electron chi connectivity index (χ0n) is 8.91. The topological polar surface area (TPSA) is 104 Å². The van der Waals surface area contributed by atoms with E-state index >= 15 is 0 Å². The fourth-order valence-corrected chi connectivity index (χ4v) is 1.44. The lowest BCUT2D eigenvalue weighted by atomic mass is 10.1.